The molecule has 3 heterocycles. The molecule has 2 aliphatic carbocycles. The summed E-state index contributed by atoms with van der Waals surface area (Å²) >= 11 is 12.3. The zero-order chi connectivity index (χ0) is 95.7. The Morgan fingerprint density at radius 1 is 0.453 bits per heavy atom. The number of fused-ring (bicyclic) bond motifs is 2. The molecule has 0 bridgehead atoms. The largest absolute Gasteiger partial charge is 0.495 e. The third kappa shape index (κ3) is 24.7. The van der Waals surface area contributed by atoms with E-state index in [0.29, 0.717) is 64.8 Å². The molecule has 9 aromatic rings. The fraction of sp³-hybridized carbons (Fsp3) is 0.306. The van der Waals surface area contributed by atoms with Gasteiger partial charge < -0.3 is 54.4 Å². The molecule has 0 unspecified atom stereocenters. The van der Waals surface area contributed by atoms with Crippen molar-refractivity contribution in [3.63, 3.8) is 0 Å². The van der Waals surface area contributed by atoms with Crippen molar-refractivity contribution in [2.45, 2.75) is 114 Å². The SMILES string of the molecule is CN(C)S(=O)(=O)c1ccc(Br)cc1C#N.CN(C)S(=O)(=O)c1ccc(Br)cc1C(=O)O.CN(C)S(=O)(=O)c1ccc(Br)cc1F.CNC.Cc1ccc(NC(=O)C2(c3ccc4c(c3)OCO4)CC2)cc1-c1ccc(S(=O)(=O)N(C)C)c(C(=O)O)c1.Cc1ccc(NC(=O)C2(c3ccc4c(c3)OCO4)CC2)cc1B1OC(C)(C)C(C)(C)O1.O=S(=O)(Cl)c1ccc(Br)cc1F. The Bertz CT molecular complexity index is 6400. The van der Waals surface area contributed by atoms with E-state index >= 15 is 0 Å². The van der Waals surface area contributed by atoms with Crippen molar-refractivity contribution in [3.05, 3.63) is 232 Å². The van der Waals surface area contributed by atoms with Gasteiger partial charge in [0.15, 0.2) is 23.0 Å². The highest BCUT2D eigenvalue weighted by atomic mass is 79.9. The first kappa shape index (κ1) is 105. The molecule has 0 aromatic heterocycles. The lowest BCUT2D eigenvalue weighted by Crippen LogP contribution is -2.41. The van der Waals surface area contributed by atoms with Crippen LogP contribution in [0.25, 0.3) is 11.1 Å². The van der Waals surface area contributed by atoms with Gasteiger partial charge in [-0.15, -0.1) is 0 Å². The number of ether oxygens (including phenoxy) is 4. The maximum absolute atomic E-state index is 13.4. The Morgan fingerprint density at radius 3 is 1.20 bits per heavy atom. The molecule has 0 atom stereocenters. The zero-order valence-electron chi connectivity index (χ0n) is 71.9. The second-order valence-corrected chi connectivity index (χ2v) is 45.5. The summed E-state index contributed by atoms with van der Waals surface area (Å²) in [7, 11) is 0.296. The topological polar surface area (TPSA) is 408 Å². The summed E-state index contributed by atoms with van der Waals surface area (Å²) in [6.07, 6.45) is 3.05. The predicted molar refractivity (Wildman–Crippen MR) is 494 cm³/mol. The summed E-state index contributed by atoms with van der Waals surface area (Å²) in [5.41, 5.74) is 4.75. The van der Waals surface area contributed by atoms with Gasteiger partial charge in [-0.05, 0) is 248 Å². The van der Waals surface area contributed by atoms with Gasteiger partial charge in [-0.2, -0.15) is 5.26 Å². The van der Waals surface area contributed by atoms with E-state index in [-0.39, 0.29) is 61.7 Å². The number of nitrogens with one attached hydrogen (secondary N) is 3. The lowest BCUT2D eigenvalue weighted by Gasteiger charge is -2.32. The van der Waals surface area contributed by atoms with Crippen molar-refractivity contribution in [1.29, 1.82) is 5.26 Å². The van der Waals surface area contributed by atoms with Gasteiger partial charge >= 0.3 is 19.1 Å². The number of anilines is 2. The Kier molecular flexibility index (Phi) is 34.4. The number of amides is 2. The number of carboxylic acids is 2. The minimum atomic E-state index is -3.97. The fourth-order valence-corrected chi connectivity index (χ4v) is 18.7. The highest BCUT2D eigenvalue weighted by Crippen LogP contribution is 2.53. The lowest BCUT2D eigenvalue weighted by molar-refractivity contribution is -0.119. The third-order valence-electron chi connectivity index (χ3n) is 20.6. The van der Waals surface area contributed by atoms with Crippen molar-refractivity contribution in [2.75, 3.05) is 94.7 Å². The van der Waals surface area contributed by atoms with Gasteiger partial charge in [0.2, 0.25) is 65.5 Å². The average Bonchev–Trinajstić information content (AvgIpc) is 1.58. The van der Waals surface area contributed by atoms with Crippen LogP contribution < -0.4 is 40.4 Å². The van der Waals surface area contributed by atoms with Crippen LogP contribution in [0.3, 0.4) is 0 Å². The summed E-state index contributed by atoms with van der Waals surface area (Å²) in [5, 5.41) is 36.4. The minimum Gasteiger partial charge on any atom is -0.478 e. The third-order valence-corrected chi connectivity index (χ3v) is 31.4. The molecule has 128 heavy (non-hydrogen) atoms. The molecule has 686 valence electrons. The highest BCUT2D eigenvalue weighted by Gasteiger charge is 2.54. The van der Waals surface area contributed by atoms with Crippen LogP contribution in [0.4, 0.5) is 20.2 Å². The number of nitriles is 1. The van der Waals surface area contributed by atoms with Crippen LogP contribution in [0.1, 0.15) is 102 Å². The maximum Gasteiger partial charge on any atom is 0.495 e. The number of hydrogen-bond acceptors (Lipinski definition) is 22. The summed E-state index contributed by atoms with van der Waals surface area (Å²) in [4.78, 5) is 48.2. The van der Waals surface area contributed by atoms with Crippen molar-refractivity contribution >= 4 is 171 Å². The number of carbonyl (C=O) groups is 4. The van der Waals surface area contributed by atoms with Gasteiger partial charge in [0, 0.05) is 96.3 Å². The van der Waals surface area contributed by atoms with E-state index in [1.165, 1.54) is 117 Å². The standard InChI is InChI=1S/C27H26N2O7S.C24H28BNO5.C9H9BrN2O2S.C9H10BrNO4S.C8H9BrFNO2S.C6H3BrClFO2S.C2H7N/c1-16-4-7-19(28-26(32)27(10-11-27)18-6-8-22-23(13-18)36-15-35-22)14-20(16)17-5-9-24(21(12-17)25(30)31)37(33,34)29(2)3;1-15-6-8-17(13-18(15)25-30-22(2,3)23(4,5)31-25)26-21(27)24(10-11-24)16-7-9-19-20(12-16)29-14-28-19;1-12(2)15(13,14)9-4-3-8(10)5-7(9)6-11;1-11(2)16(14,15)8-4-3-6(10)5-7(8)9(12)13;1-11(2)14(12,13)8-4-3-6(9)5-7(8)10;7-4-1-2-6(5(9)3-4)12(8,10)11;1-3-2/h4-9,12-14H,10-11,15H2,1-3H3,(H,28,32)(H,30,31);6-9,12-13H,10-11,14H2,1-5H3,(H,26,27);3-5H,1-2H3;3-5H,1-2H3,(H,12,13);3-5H,1-2H3;1-3H;3H,1-2H3. The van der Waals surface area contributed by atoms with E-state index in [1.807, 2.05) is 122 Å². The Labute approximate surface area is 781 Å². The molecule has 14 rings (SSSR count). The summed E-state index contributed by atoms with van der Waals surface area (Å²) in [5.74, 6) is -1.66. The van der Waals surface area contributed by atoms with Crippen LogP contribution in [0.15, 0.2) is 206 Å². The van der Waals surface area contributed by atoms with Crippen LogP contribution in [-0.4, -0.2) is 196 Å². The first-order chi connectivity index (χ1) is 59.5. The first-order valence-corrected chi connectivity index (χ1v) is 49.5. The molecular weight excluding hydrogens is 2050 g/mol. The molecular formula is C85H92BBr4ClF2N8O22S5. The molecule has 1 saturated heterocycles. The number of rotatable bonds is 19. The number of nitrogens with zero attached hydrogens (tertiary/aromatic N) is 5. The number of benzene rings is 9. The molecule has 9 aromatic carbocycles. The van der Waals surface area contributed by atoms with Gasteiger partial charge in [-0.1, -0.05) is 99.6 Å². The molecule has 2 saturated carbocycles. The van der Waals surface area contributed by atoms with E-state index in [2.05, 4.69) is 79.7 Å². The molecule has 30 nitrogen and oxygen atoms in total. The number of hydrogen-bond donors (Lipinski definition) is 5. The number of halogens is 7. The Morgan fingerprint density at radius 2 is 0.805 bits per heavy atom. The summed E-state index contributed by atoms with van der Waals surface area (Å²) in [6.45, 7) is 12.4. The molecule has 43 heteroatoms. The number of sulfonamides is 4. The quantitative estimate of drug-likeness (QED) is 0.0371. The summed E-state index contributed by atoms with van der Waals surface area (Å²) < 4.78 is 183. The molecule has 3 aliphatic heterocycles. The van der Waals surface area contributed by atoms with Gasteiger partial charge in [0.05, 0.1) is 48.5 Å². The fourth-order valence-electron chi connectivity index (χ4n) is 12.3. The van der Waals surface area contributed by atoms with Gasteiger partial charge in [0.1, 0.15) is 32.4 Å². The highest BCUT2D eigenvalue weighted by molar-refractivity contribution is 9.11. The maximum atomic E-state index is 13.4. The van der Waals surface area contributed by atoms with E-state index in [1.54, 1.807) is 24.3 Å². The van der Waals surface area contributed by atoms with Crippen LogP contribution in [0.5, 0.6) is 23.0 Å². The van der Waals surface area contributed by atoms with Crippen LogP contribution in [-0.2, 0) is 78.9 Å². The lowest BCUT2D eigenvalue weighted by atomic mass is 9.76. The molecule has 5 N–H and O–H groups in total. The zero-order valence-corrected chi connectivity index (χ0v) is 83.1. The monoisotopic (exact) mass is 2140 g/mol. The first-order valence-electron chi connectivity index (χ1n) is 38.2. The van der Waals surface area contributed by atoms with Gasteiger partial charge in [-0.3, -0.25) is 9.59 Å². The van der Waals surface area contributed by atoms with E-state index in [9.17, 15) is 75.2 Å². The molecule has 0 spiro atoms. The van der Waals surface area contributed by atoms with Crippen molar-refractivity contribution in [2.24, 2.45) is 0 Å². The number of aromatic carboxylic acids is 2. The Balaban J connectivity index is 0.000000199. The average molecular weight is 2140 g/mol. The van der Waals surface area contributed by atoms with Crippen molar-refractivity contribution in [3.8, 4) is 40.2 Å². The second-order valence-electron chi connectivity index (χ2n) is 30.8. The van der Waals surface area contributed by atoms with Crippen molar-refractivity contribution in [1.82, 2.24) is 22.5 Å². The number of carbonyl (C=O) groups excluding carboxylic acids is 2. The number of aryl methyl sites for hydroxylation is 2. The normalized spacial score (nSPS) is 15.1. The minimum absolute atomic E-state index is 0.00455. The van der Waals surface area contributed by atoms with E-state index < -0.39 is 107 Å². The van der Waals surface area contributed by atoms with Gasteiger partial charge in [0.25, 0.3) is 9.05 Å². The second kappa shape index (κ2) is 42.1. The Hall–Kier alpha value is -8.85. The van der Waals surface area contributed by atoms with Crippen LogP contribution >= 0.6 is 74.4 Å². The van der Waals surface area contributed by atoms with Gasteiger partial charge in [-0.25, -0.2) is 77.7 Å². The molecule has 5 aliphatic rings. The van der Waals surface area contributed by atoms with Crippen LogP contribution in [0.2, 0.25) is 0 Å². The van der Waals surface area contributed by atoms with Crippen LogP contribution in [0, 0.1) is 36.8 Å². The van der Waals surface area contributed by atoms with E-state index in [4.69, 9.17) is 49.3 Å². The van der Waals surface area contributed by atoms with E-state index in [0.717, 1.165) is 87.4 Å². The summed E-state index contributed by atoms with van der Waals surface area (Å²) in [6, 6.07) is 44.6. The molecule has 0 radical (unpaired) electrons. The molecule has 3 fully saturated rings. The molecule has 2 amide bonds. The van der Waals surface area contributed by atoms with Crippen molar-refractivity contribution < 1.29 is 109 Å². The smallest absolute Gasteiger partial charge is 0.478 e. The predicted octanol–water partition coefficient (Wildman–Crippen LogP) is 14.9. The number of carboxylic acid groups (broad SMARTS) is 2.